The summed E-state index contributed by atoms with van der Waals surface area (Å²) in [6.45, 7) is 1.02. The Morgan fingerprint density at radius 3 is 2.65 bits per heavy atom. The monoisotopic (exact) mass is 282 g/mol. The molecule has 7 nitrogen and oxygen atoms in total. The van der Waals surface area contributed by atoms with E-state index in [4.69, 9.17) is 4.74 Å². The van der Waals surface area contributed by atoms with E-state index in [1.54, 1.807) is 12.1 Å². The quantitative estimate of drug-likeness (QED) is 0.429. The van der Waals surface area contributed by atoms with Crippen LogP contribution in [0.25, 0.3) is 0 Å². The Kier molecular flexibility index (Phi) is 5.92. The van der Waals surface area contributed by atoms with Gasteiger partial charge in [0, 0.05) is 19.2 Å². The molecule has 0 aliphatic rings. The smallest absolute Gasteiger partial charge is 0.311 e. The van der Waals surface area contributed by atoms with Gasteiger partial charge in [0.15, 0.2) is 5.75 Å². The Labute approximate surface area is 117 Å². The molecule has 7 heteroatoms. The van der Waals surface area contributed by atoms with Gasteiger partial charge in [-0.15, -0.1) is 0 Å². The molecule has 0 radical (unpaired) electrons. The van der Waals surface area contributed by atoms with E-state index in [1.165, 1.54) is 20.3 Å². The third-order valence-corrected chi connectivity index (χ3v) is 2.82. The number of hydrogen-bond donors (Lipinski definition) is 0. The van der Waals surface area contributed by atoms with E-state index in [0.29, 0.717) is 13.1 Å². The molecule has 0 N–H and O–H groups in total. The van der Waals surface area contributed by atoms with Gasteiger partial charge in [-0.25, -0.2) is 0 Å². The first-order valence-corrected chi connectivity index (χ1v) is 6.04. The van der Waals surface area contributed by atoms with Crippen LogP contribution in [-0.2, 0) is 16.1 Å². The van der Waals surface area contributed by atoms with Crippen LogP contribution >= 0.6 is 0 Å². The number of carbonyl (C=O) groups excluding carboxylic acids is 1. The molecule has 0 aromatic heterocycles. The van der Waals surface area contributed by atoms with Gasteiger partial charge in [-0.2, -0.15) is 0 Å². The fourth-order valence-electron chi connectivity index (χ4n) is 1.75. The second-order valence-corrected chi connectivity index (χ2v) is 4.33. The van der Waals surface area contributed by atoms with Gasteiger partial charge in [0.2, 0.25) is 0 Å². The Balaban J connectivity index is 2.70. The molecule has 1 rings (SSSR count). The van der Waals surface area contributed by atoms with E-state index >= 15 is 0 Å². The standard InChI is InChI=1S/C13H18N2O5/c1-14(7-6-13(16)20-3)9-10-4-5-12(19-2)11(8-10)15(17)18/h4-5,8H,6-7,9H2,1-3H3. The summed E-state index contributed by atoms with van der Waals surface area (Å²) < 4.78 is 9.50. The summed E-state index contributed by atoms with van der Waals surface area (Å²) >= 11 is 0. The summed E-state index contributed by atoms with van der Waals surface area (Å²) in [5, 5.41) is 10.9. The molecule has 0 spiro atoms. The van der Waals surface area contributed by atoms with Crippen LogP contribution < -0.4 is 4.74 Å². The summed E-state index contributed by atoms with van der Waals surface area (Å²) in [7, 11) is 4.57. The molecule has 0 heterocycles. The molecular formula is C13H18N2O5. The molecule has 0 aliphatic heterocycles. The highest BCUT2D eigenvalue weighted by molar-refractivity contribution is 5.69. The SMILES string of the molecule is COC(=O)CCN(C)Cc1ccc(OC)c([N+](=O)[O-])c1. The predicted molar refractivity (Wildman–Crippen MR) is 72.6 cm³/mol. The van der Waals surface area contributed by atoms with Gasteiger partial charge >= 0.3 is 11.7 Å². The van der Waals surface area contributed by atoms with Crippen LogP contribution in [0.5, 0.6) is 5.75 Å². The van der Waals surface area contributed by atoms with Gasteiger partial charge in [0.25, 0.3) is 0 Å². The molecule has 110 valence electrons. The number of esters is 1. The van der Waals surface area contributed by atoms with Crippen molar-refractivity contribution in [2.45, 2.75) is 13.0 Å². The molecule has 0 unspecified atom stereocenters. The summed E-state index contributed by atoms with van der Waals surface area (Å²) in [6.07, 6.45) is 0.283. The minimum absolute atomic E-state index is 0.0635. The zero-order chi connectivity index (χ0) is 15.1. The maximum atomic E-state index is 11.0. The largest absolute Gasteiger partial charge is 0.490 e. The van der Waals surface area contributed by atoms with Crippen molar-refractivity contribution in [1.29, 1.82) is 0 Å². The number of hydrogen-bond acceptors (Lipinski definition) is 6. The number of ether oxygens (including phenoxy) is 2. The Hall–Kier alpha value is -2.15. The molecule has 1 aromatic rings. The highest BCUT2D eigenvalue weighted by Gasteiger charge is 2.15. The third kappa shape index (κ3) is 4.51. The molecule has 0 amide bonds. The number of nitro groups is 1. The second-order valence-electron chi connectivity index (χ2n) is 4.33. The molecule has 0 saturated carbocycles. The fraction of sp³-hybridized carbons (Fsp3) is 0.462. The number of nitrogens with zero attached hydrogens (tertiary/aromatic N) is 2. The Morgan fingerprint density at radius 1 is 1.40 bits per heavy atom. The van der Waals surface area contributed by atoms with Gasteiger partial charge in [0.05, 0.1) is 25.6 Å². The van der Waals surface area contributed by atoms with Crippen molar-refractivity contribution < 1.29 is 19.2 Å². The number of carbonyl (C=O) groups is 1. The van der Waals surface area contributed by atoms with Crippen LogP contribution in [0.4, 0.5) is 5.69 Å². The van der Waals surface area contributed by atoms with Crippen LogP contribution in [-0.4, -0.2) is 43.6 Å². The molecule has 0 fully saturated rings. The molecule has 20 heavy (non-hydrogen) atoms. The molecule has 1 aromatic carbocycles. The van der Waals surface area contributed by atoms with Crippen molar-refractivity contribution in [3.63, 3.8) is 0 Å². The lowest BCUT2D eigenvalue weighted by Crippen LogP contribution is -2.21. The lowest BCUT2D eigenvalue weighted by molar-refractivity contribution is -0.385. The van der Waals surface area contributed by atoms with Gasteiger partial charge < -0.3 is 14.4 Å². The van der Waals surface area contributed by atoms with E-state index in [9.17, 15) is 14.9 Å². The molecular weight excluding hydrogens is 264 g/mol. The van der Waals surface area contributed by atoms with E-state index < -0.39 is 4.92 Å². The number of nitro benzene ring substituents is 1. The van der Waals surface area contributed by atoms with Crippen LogP contribution in [0.15, 0.2) is 18.2 Å². The second kappa shape index (κ2) is 7.44. The van der Waals surface area contributed by atoms with Crippen LogP contribution in [0.3, 0.4) is 0 Å². The number of methoxy groups -OCH3 is 2. The zero-order valence-corrected chi connectivity index (χ0v) is 11.8. The average Bonchev–Trinajstić information content (AvgIpc) is 2.44. The van der Waals surface area contributed by atoms with E-state index in [2.05, 4.69) is 4.74 Å². The van der Waals surface area contributed by atoms with Crippen molar-refractivity contribution in [2.75, 3.05) is 27.8 Å². The van der Waals surface area contributed by atoms with Crippen molar-refractivity contribution in [1.82, 2.24) is 4.90 Å². The maximum Gasteiger partial charge on any atom is 0.311 e. The van der Waals surface area contributed by atoms with Crippen LogP contribution in [0, 0.1) is 10.1 Å². The minimum Gasteiger partial charge on any atom is -0.490 e. The van der Waals surface area contributed by atoms with Crippen LogP contribution in [0.2, 0.25) is 0 Å². The maximum absolute atomic E-state index is 11.0. The first kappa shape index (κ1) is 15.9. The fourth-order valence-corrected chi connectivity index (χ4v) is 1.75. The van der Waals surface area contributed by atoms with Crippen molar-refractivity contribution in [3.05, 3.63) is 33.9 Å². The van der Waals surface area contributed by atoms with Gasteiger partial charge in [0.1, 0.15) is 0 Å². The zero-order valence-electron chi connectivity index (χ0n) is 11.8. The molecule has 0 saturated heterocycles. The Bertz CT molecular complexity index is 490. The van der Waals surface area contributed by atoms with Crippen molar-refractivity contribution >= 4 is 11.7 Å². The summed E-state index contributed by atoms with van der Waals surface area (Å²) in [5.74, 6) is -0.0477. The highest BCUT2D eigenvalue weighted by atomic mass is 16.6. The predicted octanol–water partition coefficient (Wildman–Crippen LogP) is 1.60. The van der Waals surface area contributed by atoms with Gasteiger partial charge in [-0.3, -0.25) is 14.9 Å². The summed E-state index contributed by atoms with van der Waals surface area (Å²) in [6, 6.07) is 4.82. The Morgan fingerprint density at radius 2 is 2.10 bits per heavy atom. The molecule has 0 bridgehead atoms. The van der Waals surface area contributed by atoms with E-state index in [-0.39, 0.29) is 23.8 Å². The lowest BCUT2D eigenvalue weighted by Gasteiger charge is -2.16. The summed E-state index contributed by atoms with van der Waals surface area (Å²) in [4.78, 5) is 23.4. The van der Waals surface area contributed by atoms with E-state index in [1.807, 2.05) is 11.9 Å². The normalized spacial score (nSPS) is 10.4. The summed E-state index contributed by atoms with van der Waals surface area (Å²) in [5.41, 5.74) is 0.719. The number of rotatable bonds is 7. The first-order chi connectivity index (χ1) is 9.47. The van der Waals surface area contributed by atoms with Gasteiger partial charge in [-0.05, 0) is 18.7 Å². The minimum atomic E-state index is -0.475. The van der Waals surface area contributed by atoms with E-state index in [0.717, 1.165) is 5.56 Å². The lowest BCUT2D eigenvalue weighted by atomic mass is 10.1. The first-order valence-electron chi connectivity index (χ1n) is 6.04. The van der Waals surface area contributed by atoms with Gasteiger partial charge in [-0.1, -0.05) is 6.07 Å². The average molecular weight is 282 g/mol. The molecule has 0 aliphatic carbocycles. The topological polar surface area (TPSA) is 81.9 Å². The number of benzene rings is 1. The van der Waals surface area contributed by atoms with Crippen molar-refractivity contribution in [2.24, 2.45) is 0 Å². The third-order valence-electron chi connectivity index (χ3n) is 2.82. The van der Waals surface area contributed by atoms with Crippen molar-refractivity contribution in [3.8, 4) is 5.75 Å². The highest BCUT2D eigenvalue weighted by Crippen LogP contribution is 2.27. The molecule has 0 atom stereocenters. The van der Waals surface area contributed by atoms with Crippen LogP contribution in [0.1, 0.15) is 12.0 Å².